The summed E-state index contributed by atoms with van der Waals surface area (Å²) >= 11 is 0. The molecule has 148 valence electrons. The highest BCUT2D eigenvalue weighted by Crippen LogP contribution is 2.61. The molecule has 0 aliphatic heterocycles. The number of hydrogen-bond acceptors (Lipinski definition) is 2. The summed E-state index contributed by atoms with van der Waals surface area (Å²) in [5.41, 5.74) is 2.49. The van der Waals surface area contributed by atoms with Crippen molar-refractivity contribution < 1.29 is 9.53 Å². The van der Waals surface area contributed by atoms with Crippen LogP contribution >= 0.6 is 0 Å². The van der Waals surface area contributed by atoms with Gasteiger partial charge in [-0.05, 0) is 41.7 Å². The van der Waals surface area contributed by atoms with Crippen LogP contribution in [0.4, 0.5) is 0 Å². The van der Waals surface area contributed by atoms with Crippen molar-refractivity contribution in [1.29, 1.82) is 0 Å². The van der Waals surface area contributed by atoms with Gasteiger partial charge in [-0.25, -0.2) is 0 Å². The van der Waals surface area contributed by atoms with Gasteiger partial charge in [0.05, 0.1) is 5.92 Å². The van der Waals surface area contributed by atoms with E-state index in [1.807, 2.05) is 12.1 Å². The van der Waals surface area contributed by atoms with Crippen molar-refractivity contribution in [3.63, 3.8) is 0 Å². The molecule has 5 atom stereocenters. The lowest BCUT2D eigenvalue weighted by Crippen LogP contribution is -2.36. The summed E-state index contributed by atoms with van der Waals surface area (Å²) < 4.78 is 6.22. The Hall–Kier alpha value is -2.09. The molecule has 0 radical (unpaired) electrons. The second-order valence-corrected chi connectivity index (χ2v) is 9.20. The number of carbonyl (C=O) groups excluding carboxylic acids is 1. The number of ether oxygens (including phenoxy) is 1. The predicted octanol–water partition coefficient (Wildman–Crippen LogP) is 6.19. The molecule has 0 amide bonds. The lowest BCUT2D eigenvalue weighted by Gasteiger charge is -2.36. The van der Waals surface area contributed by atoms with E-state index < -0.39 is 0 Å². The average Bonchev–Trinajstić information content (AvgIpc) is 3.45. The minimum absolute atomic E-state index is 0.00690. The fourth-order valence-electron chi connectivity index (χ4n) is 5.26. The van der Waals surface area contributed by atoms with Crippen molar-refractivity contribution in [1.82, 2.24) is 0 Å². The summed E-state index contributed by atoms with van der Waals surface area (Å²) in [6, 6.07) is 20.9. The molecule has 2 aliphatic rings. The van der Waals surface area contributed by atoms with Crippen molar-refractivity contribution >= 4 is 5.97 Å². The Morgan fingerprint density at radius 2 is 1.43 bits per heavy atom. The summed E-state index contributed by atoms with van der Waals surface area (Å²) in [4.78, 5) is 13.3. The van der Waals surface area contributed by atoms with Crippen LogP contribution in [0.2, 0.25) is 0 Å². The summed E-state index contributed by atoms with van der Waals surface area (Å²) in [6.45, 7) is 6.81. The molecule has 0 spiro atoms. The zero-order valence-corrected chi connectivity index (χ0v) is 17.3. The van der Waals surface area contributed by atoms with Gasteiger partial charge in [0, 0.05) is 11.8 Å². The van der Waals surface area contributed by atoms with Gasteiger partial charge >= 0.3 is 5.97 Å². The van der Waals surface area contributed by atoms with Crippen molar-refractivity contribution in [2.24, 2.45) is 23.7 Å². The molecule has 2 nitrogen and oxygen atoms in total. The Kier molecular flexibility index (Phi) is 5.57. The lowest BCUT2D eigenvalue weighted by molar-refractivity contribution is -0.157. The second kappa shape index (κ2) is 8.11. The van der Waals surface area contributed by atoms with Gasteiger partial charge < -0.3 is 4.74 Å². The van der Waals surface area contributed by atoms with E-state index in [2.05, 4.69) is 69.3 Å². The van der Waals surface area contributed by atoms with Gasteiger partial charge in [-0.3, -0.25) is 4.79 Å². The van der Waals surface area contributed by atoms with E-state index in [4.69, 9.17) is 4.74 Å². The maximum atomic E-state index is 13.3. The second-order valence-electron chi connectivity index (χ2n) is 9.20. The van der Waals surface area contributed by atoms with E-state index >= 15 is 0 Å². The minimum Gasteiger partial charge on any atom is -0.462 e. The number of benzene rings is 2. The van der Waals surface area contributed by atoms with Crippen LogP contribution in [0.1, 0.15) is 63.0 Å². The Morgan fingerprint density at radius 3 is 1.93 bits per heavy atom. The van der Waals surface area contributed by atoms with Crippen molar-refractivity contribution in [2.75, 3.05) is 0 Å². The first-order valence-corrected chi connectivity index (χ1v) is 10.9. The van der Waals surface area contributed by atoms with Crippen LogP contribution in [0.5, 0.6) is 0 Å². The van der Waals surface area contributed by atoms with Crippen LogP contribution in [0.15, 0.2) is 60.7 Å². The third-order valence-corrected chi connectivity index (χ3v) is 6.89. The fourth-order valence-corrected chi connectivity index (χ4v) is 5.26. The lowest BCUT2D eigenvalue weighted by atomic mass is 9.75. The highest BCUT2D eigenvalue weighted by molar-refractivity contribution is 5.80. The van der Waals surface area contributed by atoms with Crippen LogP contribution in [0, 0.1) is 23.7 Å². The largest absolute Gasteiger partial charge is 0.462 e. The molecule has 0 N–H and O–H groups in total. The number of carbonyl (C=O) groups is 1. The van der Waals surface area contributed by atoms with E-state index in [1.165, 1.54) is 24.0 Å². The number of hydrogen-bond donors (Lipinski definition) is 0. The summed E-state index contributed by atoms with van der Waals surface area (Å²) in [7, 11) is 0. The first-order valence-electron chi connectivity index (χ1n) is 10.9. The molecule has 2 heteroatoms. The molecule has 2 saturated carbocycles. The Morgan fingerprint density at radius 1 is 0.893 bits per heavy atom. The molecule has 0 unspecified atom stereocenters. The van der Waals surface area contributed by atoms with Crippen LogP contribution in [0.25, 0.3) is 0 Å². The standard InChI is InChI=1S/C26H32O2/c1-17(2)21-15-14-18(3)16-22(21)28-26(27)25-23(19-10-6-4-7-11-19)24(25)20-12-8-5-9-13-20/h4-13,17-18,21-25H,14-16H2,1-3H3/t18-,21+,22-,23+,24+/m1/s1. The molecule has 2 aromatic carbocycles. The molecular weight excluding hydrogens is 344 g/mol. The van der Waals surface area contributed by atoms with Gasteiger partial charge in [0.15, 0.2) is 0 Å². The summed E-state index contributed by atoms with van der Waals surface area (Å²) in [5.74, 6) is 2.09. The first-order chi connectivity index (χ1) is 13.6. The Labute approximate surface area is 169 Å². The van der Waals surface area contributed by atoms with Gasteiger partial charge in [0.1, 0.15) is 6.10 Å². The molecule has 0 saturated heterocycles. The van der Waals surface area contributed by atoms with Gasteiger partial charge in [-0.1, -0.05) is 87.9 Å². The molecular formula is C26H32O2. The van der Waals surface area contributed by atoms with Gasteiger partial charge in [-0.2, -0.15) is 0 Å². The van der Waals surface area contributed by atoms with Crippen LogP contribution < -0.4 is 0 Å². The van der Waals surface area contributed by atoms with Gasteiger partial charge in [0.25, 0.3) is 0 Å². The van der Waals surface area contributed by atoms with Gasteiger partial charge in [0.2, 0.25) is 0 Å². The number of esters is 1. The first kappa shape index (κ1) is 19.2. The fraction of sp³-hybridized carbons (Fsp3) is 0.500. The maximum Gasteiger partial charge on any atom is 0.310 e. The normalized spacial score (nSPS) is 32.1. The van der Waals surface area contributed by atoms with Crippen LogP contribution in [0.3, 0.4) is 0 Å². The average molecular weight is 377 g/mol. The van der Waals surface area contributed by atoms with Crippen molar-refractivity contribution in [3.8, 4) is 0 Å². The highest BCUT2D eigenvalue weighted by atomic mass is 16.5. The minimum atomic E-state index is -0.0603. The van der Waals surface area contributed by atoms with E-state index in [-0.39, 0.29) is 29.8 Å². The van der Waals surface area contributed by atoms with E-state index in [1.54, 1.807) is 0 Å². The molecule has 2 fully saturated rings. The maximum absolute atomic E-state index is 13.3. The molecule has 0 aromatic heterocycles. The van der Waals surface area contributed by atoms with Gasteiger partial charge in [-0.15, -0.1) is 0 Å². The molecule has 2 aromatic rings. The smallest absolute Gasteiger partial charge is 0.310 e. The van der Waals surface area contributed by atoms with E-state index in [0.29, 0.717) is 17.8 Å². The monoisotopic (exact) mass is 376 g/mol. The van der Waals surface area contributed by atoms with Crippen molar-refractivity contribution in [2.45, 2.75) is 58.0 Å². The molecule has 4 rings (SSSR count). The summed E-state index contributed by atoms with van der Waals surface area (Å²) in [6.07, 6.45) is 3.50. The third kappa shape index (κ3) is 3.87. The molecule has 0 heterocycles. The quantitative estimate of drug-likeness (QED) is 0.582. The molecule has 0 bridgehead atoms. The zero-order valence-electron chi connectivity index (χ0n) is 17.3. The zero-order chi connectivity index (χ0) is 19.7. The SMILES string of the molecule is CC(C)[C@@H]1CC[C@@H](C)C[C@H]1OC(=O)C1[C@@H](c2ccccc2)[C@@H]1c1ccccc1. The Balaban J connectivity index is 1.54. The topological polar surface area (TPSA) is 26.3 Å². The van der Waals surface area contributed by atoms with E-state index in [0.717, 1.165) is 6.42 Å². The van der Waals surface area contributed by atoms with Crippen LogP contribution in [-0.4, -0.2) is 12.1 Å². The third-order valence-electron chi connectivity index (χ3n) is 6.89. The van der Waals surface area contributed by atoms with E-state index in [9.17, 15) is 4.79 Å². The predicted molar refractivity (Wildman–Crippen MR) is 113 cm³/mol. The highest BCUT2D eigenvalue weighted by Gasteiger charge is 2.57. The van der Waals surface area contributed by atoms with Crippen molar-refractivity contribution in [3.05, 3.63) is 71.8 Å². The number of rotatable bonds is 5. The molecule has 28 heavy (non-hydrogen) atoms. The molecule has 2 aliphatic carbocycles. The Bertz CT molecular complexity index is 737. The summed E-state index contributed by atoms with van der Waals surface area (Å²) in [5, 5.41) is 0. The van der Waals surface area contributed by atoms with Crippen LogP contribution in [-0.2, 0) is 9.53 Å².